The van der Waals surface area contributed by atoms with Crippen molar-refractivity contribution in [3.63, 3.8) is 0 Å². The highest BCUT2D eigenvalue weighted by Gasteiger charge is 1.92. The molecule has 0 aromatic heterocycles. The summed E-state index contributed by atoms with van der Waals surface area (Å²) in [7, 11) is 0.958. The zero-order chi connectivity index (χ0) is 10.6. The van der Waals surface area contributed by atoms with Crippen molar-refractivity contribution in [2.24, 2.45) is 0 Å². The maximum atomic E-state index is 9.79. The van der Waals surface area contributed by atoms with Crippen LogP contribution in [-0.2, 0) is 4.94 Å². The second kappa shape index (κ2) is 10.2. The second-order valence-electron chi connectivity index (χ2n) is 3.00. The summed E-state index contributed by atoms with van der Waals surface area (Å²) < 4.78 is 9.79. The molecule has 1 aliphatic rings. The number of hydrogen-bond acceptors (Lipinski definition) is 1. The molecule has 80 valence electrons. The van der Waals surface area contributed by atoms with Gasteiger partial charge in [0.05, 0.1) is 7.11 Å². The Morgan fingerprint density at radius 1 is 1.43 bits per heavy atom. The van der Waals surface area contributed by atoms with E-state index in [1.165, 1.54) is 18.4 Å². The van der Waals surface area contributed by atoms with Gasteiger partial charge in [0.2, 0.25) is 0 Å². The van der Waals surface area contributed by atoms with Crippen LogP contribution in [-0.4, -0.2) is 7.11 Å². The molecule has 0 saturated heterocycles. The van der Waals surface area contributed by atoms with Crippen molar-refractivity contribution in [1.82, 2.24) is 0 Å². The molecule has 0 heterocycles. The third-order valence-corrected chi connectivity index (χ3v) is 1.83. The van der Waals surface area contributed by atoms with Crippen LogP contribution in [0.1, 0.15) is 32.6 Å². The van der Waals surface area contributed by atoms with Gasteiger partial charge in [0.15, 0.2) is 0 Å². The van der Waals surface area contributed by atoms with Crippen molar-refractivity contribution in [2.75, 3.05) is 7.11 Å². The Morgan fingerprint density at radius 2 is 2.14 bits per heavy atom. The van der Waals surface area contributed by atoms with E-state index < -0.39 is 0 Å². The lowest BCUT2D eigenvalue weighted by Gasteiger charge is -2.02. The van der Waals surface area contributed by atoms with Crippen LogP contribution in [0.15, 0.2) is 36.0 Å². The van der Waals surface area contributed by atoms with Crippen molar-refractivity contribution >= 4 is 0 Å². The Labute approximate surface area is 85.9 Å². The van der Waals surface area contributed by atoms with Gasteiger partial charge in [-0.1, -0.05) is 37.3 Å². The molecule has 1 rings (SSSR count). The maximum Gasteiger partial charge on any atom is 0.0766 e. The molecule has 14 heavy (non-hydrogen) atoms. The summed E-state index contributed by atoms with van der Waals surface area (Å²) in [5.41, 5.74) is 1.47. The predicted octanol–water partition coefficient (Wildman–Crippen LogP) is 4.14. The first-order valence-electron chi connectivity index (χ1n) is 5.00. The van der Waals surface area contributed by atoms with Gasteiger partial charge in [0.25, 0.3) is 0 Å². The minimum Gasteiger partial charge on any atom is -0.198 e. The van der Waals surface area contributed by atoms with Gasteiger partial charge in [-0.25, -0.2) is 0 Å². The quantitative estimate of drug-likeness (QED) is 0.619. The molecule has 0 saturated carbocycles. The van der Waals surface area contributed by atoms with Crippen molar-refractivity contribution in [3.8, 4) is 0 Å². The zero-order valence-corrected chi connectivity index (χ0v) is 9.00. The molecule has 1 nitrogen and oxygen atoms in total. The second-order valence-corrected chi connectivity index (χ2v) is 3.00. The van der Waals surface area contributed by atoms with Gasteiger partial charge < -0.3 is 0 Å². The third-order valence-electron chi connectivity index (χ3n) is 1.83. The standard InChI is InChI=1S/C11H16.CH3FO/c1-2-3-5-8-11-9-6-4-7-10-11;1-3-2/h3,5-6,9-10H,2,4,7-8H2,1H3;1H3/b5-3+;. The van der Waals surface area contributed by atoms with Crippen LogP contribution in [0.2, 0.25) is 0 Å². The van der Waals surface area contributed by atoms with E-state index >= 15 is 0 Å². The molecule has 2 heteroatoms. The van der Waals surface area contributed by atoms with E-state index in [9.17, 15) is 4.53 Å². The smallest absolute Gasteiger partial charge is 0.0766 e. The fourth-order valence-electron chi connectivity index (χ4n) is 1.21. The monoisotopic (exact) mass is 198 g/mol. The highest BCUT2D eigenvalue weighted by Crippen LogP contribution is 2.13. The van der Waals surface area contributed by atoms with Crippen LogP contribution in [0, 0.1) is 0 Å². The highest BCUT2D eigenvalue weighted by molar-refractivity contribution is 5.24. The van der Waals surface area contributed by atoms with Crippen molar-refractivity contribution in [1.29, 1.82) is 0 Å². The molecule has 1 aliphatic carbocycles. The summed E-state index contributed by atoms with van der Waals surface area (Å²) in [6.45, 7) is 2.17. The zero-order valence-electron chi connectivity index (χ0n) is 9.00. The number of rotatable bonds is 3. The van der Waals surface area contributed by atoms with Gasteiger partial charge in [-0.05, 0) is 35.8 Å². The SMILES string of the molecule is CC/C=C/CC1=CCCC=C1.COF. The molecule has 0 radical (unpaired) electrons. The summed E-state index contributed by atoms with van der Waals surface area (Å²) >= 11 is 0. The Kier molecular flexibility index (Phi) is 9.54. The molecule has 0 N–H and O–H groups in total. The van der Waals surface area contributed by atoms with E-state index in [1.807, 2.05) is 0 Å². The lowest BCUT2D eigenvalue weighted by atomic mass is 10.0. The number of halogens is 1. The molecule has 0 fully saturated rings. The van der Waals surface area contributed by atoms with Crippen LogP contribution in [0.4, 0.5) is 4.53 Å². The molecule has 0 aromatic rings. The summed E-state index contributed by atoms with van der Waals surface area (Å²) in [5, 5.41) is 0. The van der Waals surface area contributed by atoms with Gasteiger partial charge in [-0.2, -0.15) is 4.94 Å². The normalized spacial score (nSPS) is 14.9. The first-order chi connectivity index (χ1) is 6.85. The third kappa shape index (κ3) is 7.74. The molecule has 0 bridgehead atoms. The van der Waals surface area contributed by atoms with Gasteiger partial charge >= 0.3 is 0 Å². The molecule has 0 unspecified atom stereocenters. The molecular weight excluding hydrogens is 179 g/mol. The average Bonchev–Trinajstić information content (AvgIpc) is 2.21. The lowest BCUT2D eigenvalue weighted by molar-refractivity contribution is -0.0960. The van der Waals surface area contributed by atoms with E-state index in [4.69, 9.17) is 0 Å². The van der Waals surface area contributed by atoms with Crippen LogP contribution in [0.25, 0.3) is 0 Å². The first kappa shape index (κ1) is 13.1. The Morgan fingerprint density at radius 3 is 2.64 bits per heavy atom. The Balaban J connectivity index is 0.000000500. The predicted molar refractivity (Wildman–Crippen MR) is 58.6 cm³/mol. The van der Waals surface area contributed by atoms with E-state index in [1.54, 1.807) is 0 Å². The lowest BCUT2D eigenvalue weighted by Crippen LogP contribution is -1.82. The van der Waals surface area contributed by atoms with Crippen LogP contribution >= 0.6 is 0 Å². The minimum absolute atomic E-state index is 0.958. The number of allylic oxidation sites excluding steroid dienone is 6. The topological polar surface area (TPSA) is 9.23 Å². The van der Waals surface area contributed by atoms with Crippen molar-refractivity contribution in [2.45, 2.75) is 32.6 Å². The van der Waals surface area contributed by atoms with E-state index in [-0.39, 0.29) is 0 Å². The molecule has 0 spiro atoms. The van der Waals surface area contributed by atoms with Crippen LogP contribution in [0.5, 0.6) is 0 Å². The Hall–Kier alpha value is -0.890. The summed E-state index contributed by atoms with van der Waals surface area (Å²) in [6, 6.07) is 0. The number of hydrogen-bond donors (Lipinski definition) is 0. The average molecular weight is 198 g/mol. The first-order valence-corrected chi connectivity index (χ1v) is 5.00. The summed E-state index contributed by atoms with van der Waals surface area (Å²) in [4.78, 5) is 2.75. The molecular formula is C12H19FO. The fraction of sp³-hybridized carbons (Fsp3) is 0.500. The van der Waals surface area contributed by atoms with Gasteiger partial charge in [0.1, 0.15) is 0 Å². The van der Waals surface area contributed by atoms with Crippen LogP contribution in [0.3, 0.4) is 0 Å². The van der Waals surface area contributed by atoms with E-state index in [2.05, 4.69) is 42.2 Å². The minimum atomic E-state index is 0.958. The molecule has 0 atom stereocenters. The van der Waals surface area contributed by atoms with Gasteiger partial charge in [-0.3, -0.25) is 0 Å². The van der Waals surface area contributed by atoms with Gasteiger partial charge in [0, 0.05) is 0 Å². The van der Waals surface area contributed by atoms with Crippen molar-refractivity contribution in [3.05, 3.63) is 36.0 Å². The van der Waals surface area contributed by atoms with E-state index in [0.717, 1.165) is 20.0 Å². The highest BCUT2D eigenvalue weighted by atomic mass is 19.3. The fourth-order valence-corrected chi connectivity index (χ4v) is 1.21. The molecule has 0 aliphatic heterocycles. The molecule has 0 amide bonds. The van der Waals surface area contributed by atoms with E-state index in [0.29, 0.717) is 0 Å². The largest absolute Gasteiger partial charge is 0.198 e. The maximum absolute atomic E-state index is 9.79. The van der Waals surface area contributed by atoms with Crippen molar-refractivity contribution < 1.29 is 9.47 Å². The van der Waals surface area contributed by atoms with Crippen LogP contribution < -0.4 is 0 Å². The molecule has 0 aromatic carbocycles. The van der Waals surface area contributed by atoms with Gasteiger partial charge in [-0.15, -0.1) is 0 Å². The summed E-state index contributed by atoms with van der Waals surface area (Å²) in [5.74, 6) is 0. The Bertz CT molecular complexity index is 204. The summed E-state index contributed by atoms with van der Waals surface area (Å²) in [6.07, 6.45) is 16.0.